The SMILES string of the molecule is Cl.O=C(c1ccc(S(F)(F)(F)(F)F)cc1)N1CCC(c2ccnc3nc(C4CCNCC4)[nH]c23)CC1. The van der Waals surface area contributed by atoms with E-state index < -0.39 is 21.0 Å². The van der Waals surface area contributed by atoms with Crippen LogP contribution in [0.1, 0.15) is 59.3 Å². The fourth-order valence-corrected chi connectivity index (χ4v) is 5.66. The van der Waals surface area contributed by atoms with Gasteiger partial charge in [0, 0.05) is 30.8 Å². The molecule has 2 aliphatic rings. The van der Waals surface area contributed by atoms with Crippen LogP contribution in [0, 0.1) is 0 Å². The molecule has 0 radical (unpaired) electrons. The minimum Gasteiger partial charge on any atom is -0.340 e. The van der Waals surface area contributed by atoms with Crippen molar-refractivity contribution in [1.82, 2.24) is 25.2 Å². The summed E-state index contributed by atoms with van der Waals surface area (Å²) in [7, 11) is -9.76. The number of rotatable bonds is 4. The number of halogens is 6. The third-order valence-electron chi connectivity index (χ3n) is 6.94. The van der Waals surface area contributed by atoms with E-state index in [1.165, 1.54) is 0 Å². The first-order valence-electron chi connectivity index (χ1n) is 11.6. The maximum atomic E-state index is 12.9. The van der Waals surface area contributed by atoms with Crippen molar-refractivity contribution in [2.45, 2.75) is 42.4 Å². The number of piperidine rings is 2. The highest BCUT2D eigenvalue weighted by atomic mass is 35.5. The number of H-pyrrole nitrogens is 1. The number of nitrogens with zero attached hydrogens (tertiary/aromatic N) is 3. The Bertz CT molecular complexity index is 1250. The van der Waals surface area contributed by atoms with Crippen molar-refractivity contribution in [3.8, 4) is 0 Å². The van der Waals surface area contributed by atoms with Gasteiger partial charge < -0.3 is 15.2 Å². The molecule has 2 saturated heterocycles. The highest BCUT2D eigenvalue weighted by Gasteiger charge is 2.65. The number of pyridine rings is 1. The van der Waals surface area contributed by atoms with E-state index in [0.717, 1.165) is 55.0 Å². The van der Waals surface area contributed by atoms with Crippen molar-refractivity contribution < 1.29 is 24.2 Å². The zero-order chi connectivity index (χ0) is 24.9. The smallest absolute Gasteiger partial charge is 0.310 e. The molecule has 0 bridgehead atoms. The van der Waals surface area contributed by atoms with E-state index in [2.05, 4.69) is 15.3 Å². The molecule has 2 fully saturated rings. The Hall–Kier alpha value is -2.44. The molecule has 0 unspecified atom stereocenters. The number of likely N-dealkylation sites (tertiary alicyclic amines) is 1. The summed E-state index contributed by atoms with van der Waals surface area (Å²) in [5.41, 5.74) is 2.64. The lowest BCUT2D eigenvalue weighted by atomic mass is 9.89. The van der Waals surface area contributed by atoms with E-state index in [4.69, 9.17) is 4.98 Å². The van der Waals surface area contributed by atoms with Gasteiger partial charge in [-0.2, -0.15) is 0 Å². The van der Waals surface area contributed by atoms with Gasteiger partial charge >= 0.3 is 10.2 Å². The number of nitrogens with one attached hydrogen (secondary N) is 2. The molecule has 1 aromatic carbocycles. The Labute approximate surface area is 211 Å². The standard InChI is InChI=1S/C23H26F5N5OS.ClH/c24-35(25,26,27,28)18-3-1-17(2-4-18)23(34)33-13-8-15(9-14-33)19-7-12-30-22-20(19)31-21(32-22)16-5-10-29-11-6-16;/h1-4,7,12,15-16,29H,5-6,8-11,13-14H2,(H,30,31,32);1H. The summed E-state index contributed by atoms with van der Waals surface area (Å²) in [4.78, 5) is 25.0. The molecule has 0 spiro atoms. The fraction of sp³-hybridized carbons (Fsp3) is 0.435. The molecule has 13 heteroatoms. The molecule has 2 N–H and O–H groups in total. The topological polar surface area (TPSA) is 73.9 Å². The van der Waals surface area contributed by atoms with Crippen molar-refractivity contribution in [1.29, 1.82) is 0 Å². The number of hydrogen-bond acceptors (Lipinski definition) is 4. The third-order valence-corrected chi connectivity index (χ3v) is 8.10. The third kappa shape index (κ3) is 5.45. The van der Waals surface area contributed by atoms with Gasteiger partial charge in [-0.25, -0.2) is 9.97 Å². The van der Waals surface area contributed by atoms with Gasteiger partial charge in [0.05, 0.1) is 5.52 Å². The van der Waals surface area contributed by atoms with Crippen LogP contribution in [0.15, 0.2) is 41.4 Å². The fourth-order valence-electron chi connectivity index (χ4n) is 5.01. The van der Waals surface area contributed by atoms with Crippen LogP contribution in [0.25, 0.3) is 11.2 Å². The number of aromatic nitrogens is 3. The first-order chi connectivity index (χ1) is 16.4. The molecule has 6 nitrogen and oxygen atoms in total. The summed E-state index contributed by atoms with van der Waals surface area (Å²) < 4.78 is 64.7. The van der Waals surface area contributed by atoms with E-state index in [-0.39, 0.29) is 36.0 Å². The van der Waals surface area contributed by atoms with Crippen LogP contribution in [-0.2, 0) is 0 Å². The van der Waals surface area contributed by atoms with E-state index in [0.29, 0.717) is 37.5 Å². The van der Waals surface area contributed by atoms with E-state index >= 15 is 0 Å². The number of benzene rings is 1. The van der Waals surface area contributed by atoms with Crippen LogP contribution in [0.5, 0.6) is 0 Å². The Morgan fingerprint density at radius 1 is 0.917 bits per heavy atom. The number of carbonyl (C=O) groups excluding carboxylic acids is 1. The zero-order valence-corrected chi connectivity index (χ0v) is 20.9. The second-order valence-electron chi connectivity index (χ2n) is 9.30. The van der Waals surface area contributed by atoms with Crippen LogP contribution >= 0.6 is 22.6 Å². The molecular formula is C23H27ClF5N5OS. The summed E-state index contributed by atoms with van der Waals surface area (Å²) in [6.45, 7) is 2.73. The lowest BCUT2D eigenvalue weighted by Gasteiger charge is -2.40. The molecule has 0 saturated carbocycles. The zero-order valence-electron chi connectivity index (χ0n) is 19.2. The number of amides is 1. The quantitative estimate of drug-likeness (QED) is 0.362. The van der Waals surface area contributed by atoms with Crippen molar-refractivity contribution >= 4 is 39.7 Å². The molecule has 4 heterocycles. The maximum Gasteiger partial charge on any atom is 0.310 e. The number of carbonyl (C=O) groups is 1. The number of aromatic amines is 1. The summed E-state index contributed by atoms with van der Waals surface area (Å²) >= 11 is 0. The van der Waals surface area contributed by atoms with E-state index in [1.54, 1.807) is 11.1 Å². The van der Waals surface area contributed by atoms with Gasteiger partial charge in [-0.3, -0.25) is 4.79 Å². The van der Waals surface area contributed by atoms with Crippen LogP contribution in [0.2, 0.25) is 0 Å². The Morgan fingerprint density at radius 3 is 2.17 bits per heavy atom. The van der Waals surface area contributed by atoms with Crippen molar-refractivity contribution in [2.24, 2.45) is 0 Å². The Kier molecular flexibility index (Phi) is 6.54. The second kappa shape index (κ2) is 8.84. The molecule has 36 heavy (non-hydrogen) atoms. The first-order valence-corrected chi connectivity index (χ1v) is 13.5. The monoisotopic (exact) mass is 551 g/mol. The Balaban J connectivity index is 0.00000304. The highest BCUT2D eigenvalue weighted by Crippen LogP contribution is 3.02. The Morgan fingerprint density at radius 2 is 1.56 bits per heavy atom. The van der Waals surface area contributed by atoms with Crippen LogP contribution in [0.3, 0.4) is 0 Å². The van der Waals surface area contributed by atoms with E-state index in [1.807, 2.05) is 6.07 Å². The van der Waals surface area contributed by atoms with Crippen molar-refractivity contribution in [3.05, 3.63) is 53.5 Å². The number of imidazole rings is 1. The summed E-state index contributed by atoms with van der Waals surface area (Å²) in [6.07, 6.45) is 5.09. The molecule has 2 aromatic heterocycles. The van der Waals surface area contributed by atoms with Crippen LogP contribution < -0.4 is 5.32 Å². The van der Waals surface area contributed by atoms with Crippen molar-refractivity contribution in [3.63, 3.8) is 0 Å². The average molecular weight is 552 g/mol. The molecule has 3 aromatic rings. The van der Waals surface area contributed by atoms with Gasteiger partial charge in [0.2, 0.25) is 0 Å². The van der Waals surface area contributed by atoms with Gasteiger partial charge in [0.15, 0.2) is 5.65 Å². The summed E-state index contributed by atoms with van der Waals surface area (Å²) in [5.74, 6) is 1.01. The first kappa shape index (κ1) is 26.6. The minimum absolute atomic E-state index is 0. The normalized spacial score (nSPS) is 20.0. The van der Waals surface area contributed by atoms with Crippen LogP contribution in [-0.4, -0.2) is 51.9 Å². The molecule has 198 valence electrons. The molecule has 0 atom stereocenters. The minimum atomic E-state index is -9.76. The number of hydrogen-bond donors (Lipinski definition) is 2. The predicted molar refractivity (Wildman–Crippen MR) is 132 cm³/mol. The van der Waals surface area contributed by atoms with Crippen LogP contribution in [0.4, 0.5) is 19.4 Å². The summed E-state index contributed by atoms with van der Waals surface area (Å²) in [5, 5.41) is 3.35. The van der Waals surface area contributed by atoms with Crippen molar-refractivity contribution in [2.75, 3.05) is 26.2 Å². The molecule has 1 amide bonds. The average Bonchev–Trinajstić information content (AvgIpc) is 3.28. The van der Waals surface area contributed by atoms with Gasteiger partial charge in [0.25, 0.3) is 5.91 Å². The van der Waals surface area contributed by atoms with Gasteiger partial charge in [-0.15, -0.1) is 12.4 Å². The molecule has 0 aliphatic carbocycles. The lowest BCUT2D eigenvalue weighted by Crippen LogP contribution is -2.38. The number of fused-ring (bicyclic) bond motifs is 1. The van der Waals surface area contributed by atoms with E-state index in [9.17, 15) is 24.2 Å². The maximum absolute atomic E-state index is 12.9. The highest BCUT2D eigenvalue weighted by molar-refractivity contribution is 8.45. The largest absolute Gasteiger partial charge is 0.340 e. The second-order valence-corrected chi connectivity index (χ2v) is 11.7. The summed E-state index contributed by atoms with van der Waals surface area (Å²) in [6, 6.07) is 4.18. The van der Waals surface area contributed by atoms with Gasteiger partial charge in [-0.05, 0) is 80.6 Å². The van der Waals surface area contributed by atoms with Gasteiger partial charge in [0.1, 0.15) is 10.7 Å². The molecule has 5 rings (SSSR count). The lowest BCUT2D eigenvalue weighted by molar-refractivity contribution is 0.0713. The predicted octanol–water partition coefficient (Wildman–Crippen LogP) is 6.52. The molecular weight excluding hydrogens is 525 g/mol. The van der Waals surface area contributed by atoms with Gasteiger partial charge in [-0.1, -0.05) is 19.4 Å². The molecule has 2 aliphatic heterocycles.